The minimum atomic E-state index is -3.78. The second-order valence-electron chi connectivity index (χ2n) is 10.4. The summed E-state index contributed by atoms with van der Waals surface area (Å²) in [5.41, 5.74) is 8.19. The molecule has 10 nitrogen and oxygen atoms in total. The summed E-state index contributed by atoms with van der Waals surface area (Å²) in [6.07, 6.45) is -0.157. The second-order valence-corrected chi connectivity index (χ2v) is 13.6. The molecule has 1 heterocycles. The highest BCUT2D eigenvalue weighted by molar-refractivity contribution is 7.59. The number of benzene rings is 2. The van der Waals surface area contributed by atoms with Crippen molar-refractivity contribution in [2.45, 2.75) is 71.2 Å². The van der Waals surface area contributed by atoms with Crippen LogP contribution in [0.3, 0.4) is 0 Å². The maximum absolute atomic E-state index is 14.6. The van der Waals surface area contributed by atoms with E-state index in [9.17, 15) is 14.2 Å². The predicted octanol–water partition coefficient (Wildman–Crippen LogP) is 4.74. The summed E-state index contributed by atoms with van der Waals surface area (Å²) in [5, 5.41) is 8.32. The van der Waals surface area contributed by atoms with Gasteiger partial charge in [-0.2, -0.15) is 0 Å². The Morgan fingerprint density at radius 2 is 1.33 bits per heavy atom. The number of anilines is 1. The highest BCUT2D eigenvalue weighted by atomic mass is 32.1. The topological polar surface area (TPSA) is 142 Å². The normalized spacial score (nSPS) is 13.2. The van der Waals surface area contributed by atoms with Gasteiger partial charge in [0.2, 0.25) is 7.44 Å². The van der Waals surface area contributed by atoms with Crippen LogP contribution in [0.4, 0.5) is 5.13 Å². The summed E-state index contributed by atoms with van der Waals surface area (Å²) in [5.74, 6) is -1.11. The van der Waals surface area contributed by atoms with Crippen LogP contribution in [0.25, 0.3) is 0 Å². The van der Waals surface area contributed by atoms with Gasteiger partial charge in [0.15, 0.2) is 5.13 Å². The van der Waals surface area contributed by atoms with Crippen molar-refractivity contribution in [1.29, 1.82) is 0 Å². The predicted molar refractivity (Wildman–Crippen MR) is 165 cm³/mol. The van der Waals surface area contributed by atoms with E-state index >= 15 is 0 Å². The van der Waals surface area contributed by atoms with Gasteiger partial charge in [-0.05, 0) is 51.7 Å². The molecule has 12 heteroatoms. The van der Waals surface area contributed by atoms with Gasteiger partial charge in [0.1, 0.15) is 18.4 Å². The van der Waals surface area contributed by atoms with E-state index in [2.05, 4.69) is 15.2 Å². The number of esters is 2. The molecule has 0 spiro atoms. The Balaban J connectivity index is 1.88. The highest BCUT2D eigenvalue weighted by Gasteiger charge is 2.36. The molecule has 0 saturated carbocycles. The molecule has 0 fully saturated rings. The summed E-state index contributed by atoms with van der Waals surface area (Å²) < 4.78 is 31.5. The Bertz CT molecular complexity index is 1230. The number of nitrogens with zero attached hydrogens (tertiary/aromatic N) is 1. The number of carbonyl (C=O) groups is 2. The first kappa shape index (κ1) is 33.4. The van der Waals surface area contributed by atoms with Crippen LogP contribution >= 0.6 is 18.8 Å². The SMILES string of the molecule is CC(C)OC(=O)[C@H](Cc1ccccc1)NP(=O)(COCCc1csc(N)n1)N[C@@H](Cc1ccccc1)C(=O)OC(C)C. The van der Waals surface area contributed by atoms with E-state index in [0.717, 1.165) is 16.8 Å². The fourth-order valence-corrected chi connectivity index (χ4v) is 6.72. The molecule has 2 atom stereocenters. The fraction of sp³-hybridized carbons (Fsp3) is 0.433. The maximum atomic E-state index is 14.6. The number of carbonyl (C=O) groups excluding carboxylic acids is 2. The zero-order valence-electron chi connectivity index (χ0n) is 24.5. The lowest BCUT2D eigenvalue weighted by Crippen LogP contribution is -2.47. The number of nitrogens with one attached hydrogen (secondary N) is 2. The second kappa shape index (κ2) is 16.5. The molecule has 0 aliphatic heterocycles. The number of nitrogens with two attached hydrogens (primary N) is 1. The van der Waals surface area contributed by atoms with E-state index in [-0.39, 0.29) is 38.0 Å². The smallest absolute Gasteiger partial charge is 0.324 e. The number of nitrogen functional groups attached to an aromatic ring is 1. The Morgan fingerprint density at radius 3 is 1.74 bits per heavy atom. The molecule has 3 aromatic rings. The van der Waals surface area contributed by atoms with Crippen LogP contribution in [0.5, 0.6) is 0 Å². The van der Waals surface area contributed by atoms with Gasteiger partial charge in [0.25, 0.3) is 0 Å². The molecule has 2 aromatic carbocycles. The van der Waals surface area contributed by atoms with E-state index in [1.54, 1.807) is 27.7 Å². The largest absolute Gasteiger partial charge is 0.462 e. The quantitative estimate of drug-likeness (QED) is 0.111. The van der Waals surface area contributed by atoms with Crippen LogP contribution in [-0.4, -0.2) is 54.2 Å². The number of ether oxygens (including phenoxy) is 3. The van der Waals surface area contributed by atoms with Crippen molar-refractivity contribution in [2.24, 2.45) is 0 Å². The van der Waals surface area contributed by atoms with Crippen molar-refractivity contribution in [1.82, 2.24) is 15.2 Å². The minimum absolute atomic E-state index is 0.204. The zero-order chi connectivity index (χ0) is 30.5. The summed E-state index contributed by atoms with van der Waals surface area (Å²) >= 11 is 1.33. The van der Waals surface area contributed by atoms with Gasteiger partial charge in [-0.15, -0.1) is 11.3 Å². The zero-order valence-corrected chi connectivity index (χ0v) is 26.2. The summed E-state index contributed by atoms with van der Waals surface area (Å²) in [6.45, 7) is 7.21. The van der Waals surface area contributed by atoms with Gasteiger partial charge in [0.05, 0.1) is 24.5 Å². The van der Waals surface area contributed by atoms with Gasteiger partial charge >= 0.3 is 11.9 Å². The molecular formula is C30H41N4O6PS. The average Bonchev–Trinajstić information content (AvgIpc) is 3.35. The van der Waals surface area contributed by atoms with E-state index in [4.69, 9.17) is 19.9 Å². The maximum Gasteiger partial charge on any atom is 0.324 e. The first-order valence-corrected chi connectivity index (χ1v) is 16.7. The van der Waals surface area contributed by atoms with Gasteiger partial charge in [-0.25, -0.2) is 15.2 Å². The number of hydrogen-bond donors (Lipinski definition) is 3. The minimum Gasteiger partial charge on any atom is -0.462 e. The molecule has 228 valence electrons. The molecule has 3 rings (SSSR count). The first-order valence-electron chi connectivity index (χ1n) is 13.9. The van der Waals surface area contributed by atoms with Gasteiger partial charge < -0.3 is 19.9 Å². The first-order chi connectivity index (χ1) is 20.0. The van der Waals surface area contributed by atoms with Crippen molar-refractivity contribution >= 4 is 35.9 Å². The Morgan fingerprint density at radius 1 is 0.857 bits per heavy atom. The molecule has 0 radical (unpaired) electrons. The van der Waals surface area contributed by atoms with E-state index in [1.165, 1.54) is 11.3 Å². The number of rotatable bonds is 17. The molecule has 4 N–H and O–H groups in total. The summed E-state index contributed by atoms with van der Waals surface area (Å²) in [4.78, 5) is 30.7. The Labute approximate surface area is 251 Å². The molecule has 0 bridgehead atoms. The van der Waals surface area contributed by atoms with Crippen molar-refractivity contribution < 1.29 is 28.4 Å². The summed E-state index contributed by atoms with van der Waals surface area (Å²) in [6, 6.07) is 16.8. The average molecular weight is 617 g/mol. The standard InChI is InChI=1S/C30H41N4O6PS/c1-21(2)39-28(35)26(17-23-11-7-5-8-12-23)33-41(37,20-38-16-15-25-19-42-30(31)32-25)34-27(29(36)40-22(3)4)18-24-13-9-6-10-14-24/h5-14,19,21-22,26-27H,15-18,20H2,1-4H3,(H2,31,32)(H2,33,34,37)/t26-,27-/m0/s1. The monoisotopic (exact) mass is 616 g/mol. The third-order valence-electron chi connectivity index (χ3n) is 5.91. The third-order valence-corrected chi connectivity index (χ3v) is 8.64. The molecule has 0 aliphatic rings. The van der Waals surface area contributed by atoms with Crippen molar-refractivity contribution in [3.63, 3.8) is 0 Å². The van der Waals surface area contributed by atoms with E-state index in [1.807, 2.05) is 66.0 Å². The van der Waals surface area contributed by atoms with Crippen LogP contribution < -0.4 is 15.9 Å². The Kier molecular flexibility index (Phi) is 13.2. The van der Waals surface area contributed by atoms with Crippen molar-refractivity contribution in [3.05, 3.63) is 82.9 Å². The number of hydrogen-bond acceptors (Lipinski definition) is 9. The molecule has 42 heavy (non-hydrogen) atoms. The molecule has 0 unspecified atom stereocenters. The van der Waals surface area contributed by atoms with Crippen LogP contribution in [-0.2, 0) is 47.6 Å². The fourth-order valence-electron chi connectivity index (χ4n) is 4.11. The lowest BCUT2D eigenvalue weighted by molar-refractivity contribution is -0.150. The summed E-state index contributed by atoms with van der Waals surface area (Å²) in [7, 11) is -3.78. The van der Waals surface area contributed by atoms with Gasteiger partial charge in [-0.1, -0.05) is 60.7 Å². The molecule has 0 amide bonds. The van der Waals surface area contributed by atoms with Crippen molar-refractivity contribution in [3.8, 4) is 0 Å². The van der Waals surface area contributed by atoms with Gasteiger partial charge in [-0.3, -0.25) is 14.2 Å². The number of aromatic nitrogens is 1. The van der Waals surface area contributed by atoms with Crippen LogP contribution in [0.1, 0.15) is 44.5 Å². The highest BCUT2D eigenvalue weighted by Crippen LogP contribution is 2.39. The van der Waals surface area contributed by atoms with Crippen LogP contribution in [0.2, 0.25) is 0 Å². The molecular weight excluding hydrogens is 575 g/mol. The van der Waals surface area contributed by atoms with E-state index in [0.29, 0.717) is 11.6 Å². The molecule has 0 saturated heterocycles. The Hall–Kier alpha value is -3.08. The van der Waals surface area contributed by atoms with Crippen LogP contribution in [0, 0.1) is 0 Å². The lowest BCUT2D eigenvalue weighted by Gasteiger charge is -2.29. The lowest BCUT2D eigenvalue weighted by atomic mass is 10.1. The number of thiazole rings is 1. The third kappa shape index (κ3) is 11.7. The van der Waals surface area contributed by atoms with E-state index < -0.39 is 31.5 Å². The molecule has 1 aromatic heterocycles. The molecule has 0 aliphatic carbocycles. The van der Waals surface area contributed by atoms with Gasteiger partial charge in [0, 0.05) is 11.8 Å². The van der Waals surface area contributed by atoms with Crippen molar-refractivity contribution in [2.75, 3.05) is 18.7 Å². The van der Waals surface area contributed by atoms with Crippen LogP contribution in [0.15, 0.2) is 66.0 Å².